The first kappa shape index (κ1) is 9.06. The fraction of sp³-hybridized carbons (Fsp3) is 0.400. The number of fused-ring (bicyclic) bond motifs is 1. The molecule has 0 radical (unpaired) electrons. The van der Waals surface area contributed by atoms with E-state index in [9.17, 15) is 0 Å². The third kappa shape index (κ3) is 1.68. The summed E-state index contributed by atoms with van der Waals surface area (Å²) in [6.45, 7) is 3.44. The van der Waals surface area contributed by atoms with Gasteiger partial charge >= 0.3 is 0 Å². The van der Waals surface area contributed by atoms with E-state index in [1.807, 2.05) is 11.7 Å². The Labute approximate surface area is 91.5 Å². The van der Waals surface area contributed by atoms with Gasteiger partial charge in [-0.25, -0.2) is 9.97 Å². The van der Waals surface area contributed by atoms with Crippen molar-refractivity contribution in [3.05, 3.63) is 17.8 Å². The number of thiazole rings is 1. The second-order valence-corrected chi connectivity index (χ2v) is 4.35. The predicted octanol–water partition coefficient (Wildman–Crippen LogP) is 1.53. The second-order valence-electron chi connectivity index (χ2n) is 3.46. The number of ether oxygens (including phenoxy) is 1. The van der Waals surface area contributed by atoms with Crippen LogP contribution in [0.15, 0.2) is 17.8 Å². The van der Waals surface area contributed by atoms with E-state index in [1.54, 1.807) is 11.3 Å². The molecule has 1 aliphatic heterocycles. The van der Waals surface area contributed by atoms with Gasteiger partial charge in [-0.3, -0.25) is 0 Å². The van der Waals surface area contributed by atoms with E-state index in [-0.39, 0.29) is 0 Å². The van der Waals surface area contributed by atoms with Gasteiger partial charge in [0, 0.05) is 19.2 Å². The molecule has 0 unspecified atom stereocenters. The fourth-order valence-corrected chi connectivity index (χ4v) is 2.40. The Bertz CT molecular complexity index is 464. The van der Waals surface area contributed by atoms with Crippen molar-refractivity contribution >= 4 is 27.4 Å². The van der Waals surface area contributed by atoms with Crippen LogP contribution in [0, 0.1) is 0 Å². The molecule has 1 aliphatic rings. The van der Waals surface area contributed by atoms with Crippen molar-refractivity contribution in [1.29, 1.82) is 0 Å². The van der Waals surface area contributed by atoms with Crippen LogP contribution in [0.2, 0.25) is 0 Å². The lowest BCUT2D eigenvalue weighted by molar-refractivity contribution is 0.122. The molecule has 78 valence electrons. The highest BCUT2D eigenvalue weighted by Gasteiger charge is 2.12. The van der Waals surface area contributed by atoms with E-state index in [4.69, 9.17) is 4.74 Å². The van der Waals surface area contributed by atoms with Crippen molar-refractivity contribution in [2.75, 3.05) is 31.2 Å². The minimum atomic E-state index is 0.794. The molecule has 0 aliphatic carbocycles. The molecule has 3 heterocycles. The first-order valence-corrected chi connectivity index (χ1v) is 5.83. The van der Waals surface area contributed by atoms with Crippen LogP contribution in [-0.2, 0) is 4.74 Å². The van der Waals surface area contributed by atoms with Gasteiger partial charge in [0.25, 0.3) is 0 Å². The molecule has 1 saturated heterocycles. The first-order valence-electron chi connectivity index (χ1n) is 4.95. The Balaban J connectivity index is 1.95. The third-order valence-corrected chi connectivity index (χ3v) is 3.33. The zero-order valence-corrected chi connectivity index (χ0v) is 9.04. The first-order chi connectivity index (χ1) is 7.43. The number of aromatic nitrogens is 2. The fourth-order valence-electron chi connectivity index (χ4n) is 1.72. The van der Waals surface area contributed by atoms with Gasteiger partial charge in [0.1, 0.15) is 5.82 Å². The van der Waals surface area contributed by atoms with Gasteiger partial charge in [-0.2, -0.15) is 0 Å². The number of nitrogens with zero attached hydrogens (tertiary/aromatic N) is 3. The Hall–Kier alpha value is -1.20. The lowest BCUT2D eigenvalue weighted by Gasteiger charge is -2.27. The van der Waals surface area contributed by atoms with Gasteiger partial charge in [-0.05, 0) is 0 Å². The van der Waals surface area contributed by atoms with Crippen LogP contribution in [0.25, 0.3) is 10.2 Å². The summed E-state index contributed by atoms with van der Waals surface area (Å²) in [5, 5.41) is 0. The van der Waals surface area contributed by atoms with E-state index in [1.165, 1.54) is 4.70 Å². The van der Waals surface area contributed by atoms with E-state index in [0.29, 0.717) is 0 Å². The van der Waals surface area contributed by atoms with E-state index in [0.717, 1.165) is 37.6 Å². The van der Waals surface area contributed by atoms with Crippen LogP contribution in [0.5, 0.6) is 0 Å². The third-order valence-electron chi connectivity index (χ3n) is 2.54. The molecule has 0 aromatic carbocycles. The van der Waals surface area contributed by atoms with Gasteiger partial charge in [-0.1, -0.05) is 0 Å². The predicted molar refractivity (Wildman–Crippen MR) is 60.4 cm³/mol. The highest BCUT2D eigenvalue weighted by atomic mass is 32.1. The van der Waals surface area contributed by atoms with E-state index >= 15 is 0 Å². The summed E-state index contributed by atoms with van der Waals surface area (Å²) < 4.78 is 6.51. The minimum absolute atomic E-state index is 0.794. The maximum Gasteiger partial charge on any atom is 0.130 e. The number of pyridine rings is 1. The SMILES string of the molecule is c1nc2cnc(N3CCOCC3)cc2s1. The normalized spacial score (nSPS) is 17.2. The van der Waals surface area contributed by atoms with Crippen molar-refractivity contribution in [2.24, 2.45) is 0 Å². The summed E-state index contributed by atoms with van der Waals surface area (Å²) in [5.41, 5.74) is 2.84. The molecule has 2 aromatic heterocycles. The zero-order chi connectivity index (χ0) is 10.1. The summed E-state index contributed by atoms with van der Waals surface area (Å²) >= 11 is 1.66. The van der Waals surface area contributed by atoms with Gasteiger partial charge in [-0.15, -0.1) is 11.3 Å². The molecule has 0 amide bonds. The van der Waals surface area contributed by atoms with Crippen molar-refractivity contribution in [3.63, 3.8) is 0 Å². The van der Waals surface area contributed by atoms with Crippen LogP contribution in [0.1, 0.15) is 0 Å². The molecule has 4 nitrogen and oxygen atoms in total. The Morgan fingerprint density at radius 2 is 2.13 bits per heavy atom. The van der Waals surface area contributed by atoms with Crippen LogP contribution in [0.4, 0.5) is 5.82 Å². The van der Waals surface area contributed by atoms with Crippen molar-refractivity contribution in [3.8, 4) is 0 Å². The number of anilines is 1. The number of hydrogen-bond donors (Lipinski definition) is 0. The molecule has 5 heteroatoms. The van der Waals surface area contributed by atoms with Crippen molar-refractivity contribution in [2.45, 2.75) is 0 Å². The molecule has 0 atom stereocenters. The Morgan fingerprint density at radius 3 is 3.00 bits per heavy atom. The smallest absolute Gasteiger partial charge is 0.130 e. The second kappa shape index (κ2) is 3.75. The van der Waals surface area contributed by atoms with Gasteiger partial charge < -0.3 is 9.64 Å². The molecule has 3 rings (SSSR count). The summed E-state index contributed by atoms with van der Waals surface area (Å²) in [6, 6.07) is 2.11. The highest BCUT2D eigenvalue weighted by Crippen LogP contribution is 2.22. The lowest BCUT2D eigenvalue weighted by Crippen LogP contribution is -2.36. The molecule has 2 aromatic rings. The van der Waals surface area contributed by atoms with Crippen molar-refractivity contribution in [1.82, 2.24) is 9.97 Å². The lowest BCUT2D eigenvalue weighted by atomic mass is 10.3. The minimum Gasteiger partial charge on any atom is -0.378 e. The maximum atomic E-state index is 5.31. The van der Waals surface area contributed by atoms with E-state index in [2.05, 4.69) is 20.9 Å². The number of morpholine rings is 1. The topological polar surface area (TPSA) is 38.2 Å². The van der Waals surface area contributed by atoms with Gasteiger partial charge in [0.05, 0.1) is 35.1 Å². The van der Waals surface area contributed by atoms with Gasteiger partial charge in [0.15, 0.2) is 0 Å². The number of hydrogen-bond acceptors (Lipinski definition) is 5. The monoisotopic (exact) mass is 221 g/mol. The summed E-state index contributed by atoms with van der Waals surface area (Å²) in [6.07, 6.45) is 1.84. The molecule has 0 bridgehead atoms. The molecule has 1 fully saturated rings. The standard InChI is InChI=1S/C10H11N3OS/c1-3-14-4-2-13(1)10-5-9-8(6-11-10)12-7-15-9/h5-7H,1-4H2. The molecular weight excluding hydrogens is 210 g/mol. The van der Waals surface area contributed by atoms with Gasteiger partial charge in [0.2, 0.25) is 0 Å². The largest absolute Gasteiger partial charge is 0.378 e. The quantitative estimate of drug-likeness (QED) is 0.732. The molecule has 0 spiro atoms. The summed E-state index contributed by atoms with van der Waals surface area (Å²) in [5.74, 6) is 1.04. The van der Waals surface area contributed by atoms with Crippen LogP contribution >= 0.6 is 11.3 Å². The summed E-state index contributed by atoms with van der Waals surface area (Å²) in [7, 11) is 0. The van der Waals surface area contributed by atoms with Crippen LogP contribution in [0.3, 0.4) is 0 Å². The average Bonchev–Trinajstić information content (AvgIpc) is 2.77. The molecule has 15 heavy (non-hydrogen) atoms. The maximum absolute atomic E-state index is 5.31. The van der Waals surface area contributed by atoms with Crippen molar-refractivity contribution < 1.29 is 4.74 Å². The van der Waals surface area contributed by atoms with Crippen LogP contribution < -0.4 is 4.90 Å². The Kier molecular flexibility index (Phi) is 2.26. The molecule has 0 saturated carbocycles. The highest BCUT2D eigenvalue weighted by molar-refractivity contribution is 7.16. The molecule has 0 N–H and O–H groups in total. The molecular formula is C10H11N3OS. The van der Waals surface area contributed by atoms with E-state index < -0.39 is 0 Å². The average molecular weight is 221 g/mol. The van der Waals surface area contributed by atoms with Crippen LogP contribution in [-0.4, -0.2) is 36.3 Å². The Morgan fingerprint density at radius 1 is 1.27 bits per heavy atom. The summed E-state index contributed by atoms with van der Waals surface area (Å²) in [4.78, 5) is 10.9. The number of rotatable bonds is 1. The zero-order valence-electron chi connectivity index (χ0n) is 8.22.